The third kappa shape index (κ3) is 5.03. The number of nitro groups is 1. The zero-order valence-corrected chi connectivity index (χ0v) is 12.2. The third-order valence-corrected chi connectivity index (χ3v) is 2.91. The maximum atomic E-state index is 11.8. The van der Waals surface area contributed by atoms with E-state index in [0.717, 1.165) is 12.8 Å². The lowest BCUT2D eigenvalue weighted by atomic mass is 10.2. The standard InChI is InChI=1S/C14H20N2O5/c1-3-4-7-15-14(18)10(2)21-13-8-11(9-17)5-6-12(13)16(19)20/h5-6,8,10,17H,3-4,7,9H2,1-2H3,(H,15,18). The fourth-order valence-corrected chi connectivity index (χ4v) is 1.68. The number of benzene rings is 1. The summed E-state index contributed by atoms with van der Waals surface area (Å²) in [5.41, 5.74) is 0.245. The fourth-order valence-electron chi connectivity index (χ4n) is 1.68. The van der Waals surface area contributed by atoms with Gasteiger partial charge in [-0.05, 0) is 31.0 Å². The molecule has 7 nitrogen and oxygen atoms in total. The molecule has 2 N–H and O–H groups in total. The predicted molar refractivity (Wildman–Crippen MR) is 77.0 cm³/mol. The van der Waals surface area contributed by atoms with Crippen LogP contribution < -0.4 is 10.1 Å². The predicted octanol–water partition coefficient (Wildman–Crippen LogP) is 1.77. The molecule has 0 spiro atoms. The largest absolute Gasteiger partial charge is 0.474 e. The molecule has 1 unspecified atom stereocenters. The Kier molecular flexibility index (Phi) is 6.61. The van der Waals surface area contributed by atoms with Gasteiger partial charge in [-0.15, -0.1) is 0 Å². The van der Waals surface area contributed by atoms with Crippen LogP contribution in [0.2, 0.25) is 0 Å². The van der Waals surface area contributed by atoms with Crippen LogP contribution in [0.25, 0.3) is 0 Å². The Morgan fingerprint density at radius 2 is 2.24 bits per heavy atom. The number of nitrogens with one attached hydrogen (secondary N) is 1. The summed E-state index contributed by atoms with van der Waals surface area (Å²) in [6.07, 6.45) is 0.965. The van der Waals surface area contributed by atoms with Crippen LogP contribution in [-0.2, 0) is 11.4 Å². The molecule has 0 aliphatic heterocycles. The molecule has 116 valence electrons. The van der Waals surface area contributed by atoms with Gasteiger partial charge in [-0.1, -0.05) is 13.3 Å². The first-order chi connectivity index (χ1) is 9.99. The number of hydrogen-bond donors (Lipinski definition) is 2. The molecule has 1 rings (SSSR count). The van der Waals surface area contributed by atoms with E-state index < -0.39 is 11.0 Å². The zero-order valence-electron chi connectivity index (χ0n) is 12.2. The van der Waals surface area contributed by atoms with Gasteiger partial charge in [0.2, 0.25) is 0 Å². The van der Waals surface area contributed by atoms with E-state index in [1.165, 1.54) is 25.1 Å². The van der Waals surface area contributed by atoms with Gasteiger partial charge in [0.05, 0.1) is 11.5 Å². The summed E-state index contributed by atoms with van der Waals surface area (Å²) in [6.45, 7) is 3.82. The first-order valence-corrected chi connectivity index (χ1v) is 6.82. The summed E-state index contributed by atoms with van der Waals surface area (Å²) in [6, 6.07) is 4.06. The SMILES string of the molecule is CCCCNC(=O)C(C)Oc1cc(CO)ccc1[N+](=O)[O-]. The third-order valence-electron chi connectivity index (χ3n) is 2.91. The topological polar surface area (TPSA) is 102 Å². The van der Waals surface area contributed by atoms with Gasteiger partial charge in [0.15, 0.2) is 11.9 Å². The molecule has 1 aromatic carbocycles. The minimum absolute atomic E-state index is 0.0234. The molecule has 0 saturated carbocycles. The van der Waals surface area contributed by atoms with Crippen LogP contribution in [0.15, 0.2) is 18.2 Å². The van der Waals surface area contributed by atoms with Crippen molar-refractivity contribution in [2.45, 2.75) is 39.4 Å². The molecule has 0 aliphatic rings. The number of aliphatic hydroxyl groups is 1. The Balaban J connectivity index is 2.80. The molecule has 0 heterocycles. The summed E-state index contributed by atoms with van der Waals surface area (Å²) in [5.74, 6) is -0.350. The van der Waals surface area contributed by atoms with E-state index in [0.29, 0.717) is 12.1 Å². The molecule has 21 heavy (non-hydrogen) atoms. The summed E-state index contributed by atoms with van der Waals surface area (Å²) in [5, 5.41) is 22.7. The van der Waals surface area contributed by atoms with Gasteiger partial charge < -0.3 is 15.2 Å². The van der Waals surface area contributed by atoms with Gasteiger partial charge in [0.25, 0.3) is 5.91 Å². The molecule has 0 aromatic heterocycles. The number of carbonyl (C=O) groups excluding carboxylic acids is 1. The zero-order chi connectivity index (χ0) is 15.8. The first kappa shape index (κ1) is 16.9. The Bertz CT molecular complexity index is 504. The molecule has 0 fully saturated rings. The van der Waals surface area contributed by atoms with Crippen molar-refractivity contribution in [3.63, 3.8) is 0 Å². The summed E-state index contributed by atoms with van der Waals surface area (Å²) >= 11 is 0. The normalized spacial score (nSPS) is 11.8. The lowest BCUT2D eigenvalue weighted by Gasteiger charge is -2.15. The maximum Gasteiger partial charge on any atom is 0.310 e. The van der Waals surface area contributed by atoms with E-state index in [4.69, 9.17) is 9.84 Å². The Labute approximate surface area is 123 Å². The van der Waals surface area contributed by atoms with E-state index >= 15 is 0 Å². The number of ether oxygens (including phenoxy) is 1. The van der Waals surface area contributed by atoms with E-state index in [1.54, 1.807) is 0 Å². The molecule has 0 radical (unpaired) electrons. The molecular formula is C14H20N2O5. The van der Waals surface area contributed by atoms with Crippen LogP contribution in [0.5, 0.6) is 5.75 Å². The highest BCUT2D eigenvalue weighted by molar-refractivity contribution is 5.80. The molecule has 1 atom stereocenters. The summed E-state index contributed by atoms with van der Waals surface area (Å²) < 4.78 is 5.38. The van der Waals surface area contributed by atoms with E-state index in [9.17, 15) is 14.9 Å². The van der Waals surface area contributed by atoms with Crippen molar-refractivity contribution in [3.05, 3.63) is 33.9 Å². The smallest absolute Gasteiger partial charge is 0.310 e. The highest BCUT2D eigenvalue weighted by atomic mass is 16.6. The minimum atomic E-state index is -0.852. The number of rotatable bonds is 8. The van der Waals surface area contributed by atoms with E-state index in [1.807, 2.05) is 6.92 Å². The Morgan fingerprint density at radius 1 is 1.52 bits per heavy atom. The van der Waals surface area contributed by atoms with Crippen LogP contribution >= 0.6 is 0 Å². The van der Waals surface area contributed by atoms with Crippen LogP contribution in [0.1, 0.15) is 32.3 Å². The second kappa shape index (κ2) is 8.21. The summed E-state index contributed by atoms with van der Waals surface area (Å²) in [4.78, 5) is 22.2. The second-order valence-corrected chi connectivity index (χ2v) is 4.62. The van der Waals surface area contributed by atoms with Crippen molar-refractivity contribution < 1.29 is 19.6 Å². The van der Waals surface area contributed by atoms with E-state index in [2.05, 4.69) is 5.32 Å². The number of hydrogen-bond acceptors (Lipinski definition) is 5. The van der Waals surface area contributed by atoms with Gasteiger partial charge in [-0.2, -0.15) is 0 Å². The van der Waals surface area contributed by atoms with Gasteiger partial charge in [-0.25, -0.2) is 0 Å². The number of carbonyl (C=O) groups is 1. The van der Waals surface area contributed by atoms with Crippen LogP contribution in [0, 0.1) is 10.1 Å². The average Bonchev–Trinajstić information content (AvgIpc) is 2.46. The molecule has 7 heteroatoms. The lowest BCUT2D eigenvalue weighted by molar-refractivity contribution is -0.386. The van der Waals surface area contributed by atoms with Crippen molar-refractivity contribution in [2.75, 3.05) is 6.54 Å². The number of unbranched alkanes of at least 4 members (excludes halogenated alkanes) is 1. The Hall–Kier alpha value is -2.15. The van der Waals surface area contributed by atoms with Crippen molar-refractivity contribution in [1.29, 1.82) is 0 Å². The molecule has 0 aliphatic carbocycles. The monoisotopic (exact) mass is 296 g/mol. The van der Waals surface area contributed by atoms with Gasteiger partial charge in [0, 0.05) is 12.6 Å². The van der Waals surface area contributed by atoms with Crippen LogP contribution in [0.4, 0.5) is 5.69 Å². The number of aliphatic hydroxyl groups excluding tert-OH is 1. The molecule has 0 saturated heterocycles. The van der Waals surface area contributed by atoms with Crippen molar-refractivity contribution in [1.82, 2.24) is 5.32 Å². The van der Waals surface area contributed by atoms with Gasteiger partial charge in [-0.3, -0.25) is 14.9 Å². The van der Waals surface area contributed by atoms with Crippen LogP contribution in [0.3, 0.4) is 0 Å². The highest BCUT2D eigenvalue weighted by Crippen LogP contribution is 2.29. The van der Waals surface area contributed by atoms with Crippen LogP contribution in [-0.4, -0.2) is 28.6 Å². The first-order valence-electron chi connectivity index (χ1n) is 6.82. The van der Waals surface area contributed by atoms with Crippen molar-refractivity contribution >= 4 is 11.6 Å². The number of nitrogens with zero attached hydrogens (tertiary/aromatic N) is 1. The quantitative estimate of drug-likeness (QED) is 0.432. The molecule has 1 aromatic rings. The van der Waals surface area contributed by atoms with E-state index in [-0.39, 0.29) is 24.0 Å². The lowest BCUT2D eigenvalue weighted by Crippen LogP contribution is -2.36. The Morgan fingerprint density at radius 3 is 2.81 bits per heavy atom. The van der Waals surface area contributed by atoms with Crippen molar-refractivity contribution in [2.24, 2.45) is 0 Å². The van der Waals surface area contributed by atoms with Gasteiger partial charge >= 0.3 is 5.69 Å². The fraction of sp³-hybridized carbons (Fsp3) is 0.500. The molecular weight excluding hydrogens is 276 g/mol. The maximum absolute atomic E-state index is 11.8. The highest BCUT2D eigenvalue weighted by Gasteiger charge is 2.21. The average molecular weight is 296 g/mol. The summed E-state index contributed by atoms with van der Waals surface area (Å²) in [7, 11) is 0. The second-order valence-electron chi connectivity index (χ2n) is 4.62. The number of nitro benzene ring substituents is 1. The van der Waals surface area contributed by atoms with Crippen molar-refractivity contribution in [3.8, 4) is 5.75 Å². The molecule has 0 bridgehead atoms. The minimum Gasteiger partial charge on any atom is -0.474 e. The number of amides is 1. The van der Waals surface area contributed by atoms with Gasteiger partial charge in [0.1, 0.15) is 0 Å². The molecule has 1 amide bonds.